The zero-order chi connectivity index (χ0) is 12.7. The zero-order valence-electron chi connectivity index (χ0n) is 9.42. The fourth-order valence-corrected chi connectivity index (χ4v) is 1.25. The number of carbonyl (C=O) groups excluding carboxylic acids is 1. The predicted octanol–water partition coefficient (Wildman–Crippen LogP) is 0.301. The van der Waals surface area contributed by atoms with E-state index in [1.165, 1.54) is 19.5 Å². The molecule has 1 unspecified atom stereocenters. The number of hydrogen-bond donors (Lipinski definition) is 2. The summed E-state index contributed by atoms with van der Waals surface area (Å²) >= 11 is 0. The quantitative estimate of drug-likeness (QED) is 0.744. The molecule has 1 atom stereocenters. The third-order valence-corrected chi connectivity index (χ3v) is 2.17. The third kappa shape index (κ3) is 4.60. The summed E-state index contributed by atoms with van der Waals surface area (Å²) in [7, 11) is 1.41. The van der Waals surface area contributed by atoms with Gasteiger partial charge in [-0.05, 0) is 12.1 Å². The van der Waals surface area contributed by atoms with E-state index in [-0.39, 0.29) is 18.9 Å². The van der Waals surface area contributed by atoms with E-state index in [2.05, 4.69) is 10.3 Å². The molecule has 6 nitrogen and oxygen atoms in total. The van der Waals surface area contributed by atoms with Gasteiger partial charge in [0.15, 0.2) is 0 Å². The van der Waals surface area contributed by atoms with Crippen LogP contribution >= 0.6 is 0 Å². The molecule has 6 heteroatoms. The fraction of sp³-hybridized carbons (Fsp3) is 0.364. The summed E-state index contributed by atoms with van der Waals surface area (Å²) in [5.74, 6) is -1.24. The Kier molecular flexibility index (Phi) is 5.09. The highest BCUT2D eigenvalue weighted by atomic mass is 16.5. The standard InChI is InChI=1S/C11H14N2O4/c1-17-9(6-10(14)15)7-13-11(16)8-2-4-12-5-3-8/h2-5,9H,6-7H2,1H3,(H,13,16)(H,14,15). The first-order valence-electron chi connectivity index (χ1n) is 5.06. The second-order valence-electron chi connectivity index (χ2n) is 3.40. The molecule has 1 heterocycles. The number of carbonyl (C=O) groups is 2. The summed E-state index contributed by atoms with van der Waals surface area (Å²) in [6.45, 7) is 0.157. The lowest BCUT2D eigenvalue weighted by Crippen LogP contribution is -2.34. The monoisotopic (exact) mass is 238 g/mol. The summed E-state index contributed by atoms with van der Waals surface area (Å²) in [6, 6.07) is 3.16. The van der Waals surface area contributed by atoms with Crippen molar-refractivity contribution < 1.29 is 19.4 Å². The van der Waals surface area contributed by atoms with E-state index in [9.17, 15) is 9.59 Å². The Labute approximate surface area is 98.6 Å². The first-order valence-corrected chi connectivity index (χ1v) is 5.06. The largest absolute Gasteiger partial charge is 0.481 e. The van der Waals surface area contributed by atoms with Crippen molar-refractivity contribution in [3.8, 4) is 0 Å². The normalized spacial score (nSPS) is 11.8. The number of rotatable bonds is 6. The smallest absolute Gasteiger partial charge is 0.306 e. The van der Waals surface area contributed by atoms with Crippen LogP contribution in [-0.2, 0) is 9.53 Å². The maximum Gasteiger partial charge on any atom is 0.306 e. The van der Waals surface area contributed by atoms with Crippen LogP contribution in [0.25, 0.3) is 0 Å². The first kappa shape index (κ1) is 13.1. The molecule has 1 aromatic heterocycles. The number of aliphatic carboxylic acids is 1. The van der Waals surface area contributed by atoms with Crippen LogP contribution in [0.4, 0.5) is 0 Å². The van der Waals surface area contributed by atoms with Crippen molar-refractivity contribution in [2.45, 2.75) is 12.5 Å². The van der Waals surface area contributed by atoms with Gasteiger partial charge in [0.2, 0.25) is 0 Å². The van der Waals surface area contributed by atoms with Gasteiger partial charge in [-0.25, -0.2) is 0 Å². The van der Waals surface area contributed by atoms with Crippen molar-refractivity contribution in [2.24, 2.45) is 0 Å². The lowest BCUT2D eigenvalue weighted by molar-refractivity contribution is -0.139. The molecule has 1 amide bonds. The van der Waals surface area contributed by atoms with Crippen LogP contribution in [0.2, 0.25) is 0 Å². The van der Waals surface area contributed by atoms with Crippen LogP contribution in [0.5, 0.6) is 0 Å². The molecular weight excluding hydrogens is 224 g/mol. The lowest BCUT2D eigenvalue weighted by Gasteiger charge is -2.13. The van der Waals surface area contributed by atoms with Gasteiger partial charge in [0.1, 0.15) is 0 Å². The van der Waals surface area contributed by atoms with Crippen LogP contribution in [0.15, 0.2) is 24.5 Å². The van der Waals surface area contributed by atoms with E-state index in [0.717, 1.165) is 0 Å². The lowest BCUT2D eigenvalue weighted by atomic mass is 10.2. The number of amides is 1. The highest BCUT2D eigenvalue weighted by molar-refractivity contribution is 5.93. The van der Waals surface area contributed by atoms with Crippen molar-refractivity contribution in [3.63, 3.8) is 0 Å². The number of hydrogen-bond acceptors (Lipinski definition) is 4. The molecule has 2 N–H and O–H groups in total. The topological polar surface area (TPSA) is 88.5 Å². The maximum atomic E-state index is 11.6. The summed E-state index contributed by atoms with van der Waals surface area (Å²) < 4.78 is 4.94. The number of aromatic nitrogens is 1. The van der Waals surface area contributed by atoms with Crippen molar-refractivity contribution in [1.82, 2.24) is 10.3 Å². The average Bonchev–Trinajstić information content (AvgIpc) is 2.34. The first-order chi connectivity index (χ1) is 8.13. The number of nitrogens with one attached hydrogen (secondary N) is 1. The molecule has 92 valence electrons. The number of carboxylic acids is 1. The van der Waals surface area contributed by atoms with Gasteiger partial charge in [0, 0.05) is 31.6 Å². The molecule has 0 bridgehead atoms. The van der Waals surface area contributed by atoms with E-state index in [1.54, 1.807) is 12.1 Å². The molecule has 0 aliphatic carbocycles. The number of nitrogens with zero attached hydrogens (tertiary/aromatic N) is 1. The Balaban J connectivity index is 2.44. The van der Waals surface area contributed by atoms with Crippen molar-refractivity contribution in [2.75, 3.05) is 13.7 Å². The van der Waals surface area contributed by atoms with E-state index in [1.807, 2.05) is 0 Å². The van der Waals surface area contributed by atoms with Crippen LogP contribution in [0.1, 0.15) is 16.8 Å². The van der Waals surface area contributed by atoms with Gasteiger partial charge in [-0.1, -0.05) is 0 Å². The summed E-state index contributed by atoms with van der Waals surface area (Å²) in [6.07, 6.45) is 2.35. The number of pyridine rings is 1. The van der Waals surface area contributed by atoms with Crippen LogP contribution < -0.4 is 5.32 Å². The molecule has 17 heavy (non-hydrogen) atoms. The Bertz CT molecular complexity index is 380. The molecule has 0 saturated carbocycles. The van der Waals surface area contributed by atoms with Gasteiger partial charge in [-0.15, -0.1) is 0 Å². The third-order valence-electron chi connectivity index (χ3n) is 2.17. The van der Waals surface area contributed by atoms with Gasteiger partial charge in [-0.3, -0.25) is 14.6 Å². The Morgan fingerprint density at radius 3 is 2.65 bits per heavy atom. The van der Waals surface area contributed by atoms with Crippen molar-refractivity contribution in [3.05, 3.63) is 30.1 Å². The van der Waals surface area contributed by atoms with Gasteiger partial charge in [0.05, 0.1) is 12.5 Å². The van der Waals surface area contributed by atoms with Crippen LogP contribution in [0, 0.1) is 0 Å². The molecule has 0 aliphatic heterocycles. The van der Waals surface area contributed by atoms with Crippen molar-refractivity contribution >= 4 is 11.9 Å². The molecule has 0 fully saturated rings. The van der Waals surface area contributed by atoms with Gasteiger partial charge >= 0.3 is 5.97 Å². The molecule has 0 radical (unpaired) electrons. The summed E-state index contributed by atoms with van der Waals surface area (Å²) in [5, 5.41) is 11.2. The Morgan fingerprint density at radius 1 is 1.47 bits per heavy atom. The minimum Gasteiger partial charge on any atom is -0.481 e. The van der Waals surface area contributed by atoms with Gasteiger partial charge in [0.25, 0.3) is 5.91 Å². The molecule has 0 aromatic carbocycles. The van der Waals surface area contributed by atoms with E-state index >= 15 is 0 Å². The average molecular weight is 238 g/mol. The fourth-order valence-electron chi connectivity index (χ4n) is 1.25. The SMILES string of the molecule is COC(CNC(=O)c1ccncc1)CC(=O)O. The molecule has 0 aliphatic rings. The van der Waals surface area contributed by atoms with Gasteiger partial charge in [-0.2, -0.15) is 0 Å². The van der Waals surface area contributed by atoms with Crippen LogP contribution in [0.3, 0.4) is 0 Å². The Hall–Kier alpha value is -1.95. The summed E-state index contributed by atoms with van der Waals surface area (Å²) in [4.78, 5) is 25.9. The highest BCUT2D eigenvalue weighted by Gasteiger charge is 2.13. The zero-order valence-corrected chi connectivity index (χ0v) is 9.42. The predicted molar refractivity (Wildman–Crippen MR) is 59.6 cm³/mol. The maximum absolute atomic E-state index is 11.6. The number of carboxylic acid groups (broad SMARTS) is 1. The minimum atomic E-state index is -0.963. The number of methoxy groups -OCH3 is 1. The van der Waals surface area contributed by atoms with E-state index in [0.29, 0.717) is 5.56 Å². The van der Waals surface area contributed by atoms with Gasteiger partial charge < -0.3 is 15.2 Å². The molecule has 0 saturated heterocycles. The van der Waals surface area contributed by atoms with Crippen LogP contribution in [-0.4, -0.2) is 41.7 Å². The van der Waals surface area contributed by atoms with E-state index < -0.39 is 12.1 Å². The highest BCUT2D eigenvalue weighted by Crippen LogP contribution is 1.98. The minimum absolute atomic E-state index is 0.146. The Morgan fingerprint density at radius 2 is 2.12 bits per heavy atom. The molecule has 1 aromatic rings. The molecule has 1 rings (SSSR count). The van der Waals surface area contributed by atoms with Crippen molar-refractivity contribution in [1.29, 1.82) is 0 Å². The summed E-state index contributed by atoms with van der Waals surface area (Å²) in [5.41, 5.74) is 0.477. The van der Waals surface area contributed by atoms with E-state index in [4.69, 9.17) is 9.84 Å². The second kappa shape index (κ2) is 6.59. The molecule has 0 spiro atoms. The molecular formula is C11H14N2O4. The second-order valence-corrected chi connectivity index (χ2v) is 3.40. The number of ether oxygens (including phenoxy) is 1.